The summed E-state index contributed by atoms with van der Waals surface area (Å²) in [5.41, 5.74) is 1.07. The number of Topliss-reactive ketones (excluding diaryl/α,β-unsaturated/α-hetero) is 1. The first kappa shape index (κ1) is 13.1. The van der Waals surface area contributed by atoms with Gasteiger partial charge in [0.2, 0.25) is 0 Å². The van der Waals surface area contributed by atoms with Crippen molar-refractivity contribution in [1.82, 2.24) is 0 Å². The van der Waals surface area contributed by atoms with Gasteiger partial charge in [-0.25, -0.2) is 0 Å². The van der Waals surface area contributed by atoms with Gasteiger partial charge >= 0.3 is 0 Å². The molecule has 1 heterocycles. The second kappa shape index (κ2) is 4.13. The smallest absolute Gasteiger partial charge is 0.133 e. The quantitative estimate of drug-likeness (QED) is 0.674. The van der Waals surface area contributed by atoms with Crippen LogP contribution < -0.4 is 0 Å². The molecule has 7 atom stereocenters. The number of rotatable bonds is 0. The van der Waals surface area contributed by atoms with Crippen LogP contribution in [-0.4, -0.2) is 18.5 Å². The van der Waals surface area contributed by atoms with Crippen molar-refractivity contribution in [2.24, 2.45) is 34.5 Å². The van der Waals surface area contributed by atoms with Crippen LogP contribution in [0.2, 0.25) is 0 Å². The Morgan fingerprint density at radius 2 is 1.95 bits per heavy atom. The molecule has 0 bridgehead atoms. The van der Waals surface area contributed by atoms with Crippen molar-refractivity contribution in [3.63, 3.8) is 0 Å². The third-order valence-electron chi connectivity index (χ3n) is 8.67. The van der Waals surface area contributed by atoms with Gasteiger partial charge in [-0.3, -0.25) is 4.79 Å². The maximum absolute atomic E-state index is 11.9. The molecule has 4 saturated carbocycles. The van der Waals surface area contributed by atoms with Crippen LogP contribution in [0.5, 0.6) is 0 Å². The first-order valence-electron chi connectivity index (χ1n) is 9.27. The minimum Gasteiger partial charge on any atom is -0.377 e. The highest BCUT2D eigenvalue weighted by molar-refractivity contribution is 5.79. The molecule has 0 aromatic rings. The Bertz CT molecular complexity index is 486. The van der Waals surface area contributed by atoms with Crippen LogP contribution in [0.1, 0.15) is 64.7 Å². The Hall–Kier alpha value is -0.370. The Balaban J connectivity index is 1.47. The first-order valence-corrected chi connectivity index (χ1v) is 9.27. The number of hydrogen-bond acceptors (Lipinski definition) is 2. The molecule has 0 amide bonds. The molecular formula is C19H28O2. The molecule has 5 fully saturated rings. The van der Waals surface area contributed by atoms with Gasteiger partial charge in [0.15, 0.2) is 0 Å². The van der Waals surface area contributed by atoms with Crippen LogP contribution in [0.4, 0.5) is 0 Å². The zero-order valence-electron chi connectivity index (χ0n) is 13.3. The molecule has 2 heteroatoms. The molecule has 0 aromatic heterocycles. The van der Waals surface area contributed by atoms with Gasteiger partial charge in [0.25, 0.3) is 0 Å². The monoisotopic (exact) mass is 288 g/mol. The van der Waals surface area contributed by atoms with E-state index in [0.717, 1.165) is 37.2 Å². The molecule has 1 saturated heterocycles. The highest BCUT2D eigenvalue weighted by Gasteiger charge is 2.65. The summed E-state index contributed by atoms with van der Waals surface area (Å²) in [5.74, 6) is 4.03. The van der Waals surface area contributed by atoms with E-state index >= 15 is 0 Å². The van der Waals surface area contributed by atoms with E-state index in [1.54, 1.807) is 0 Å². The summed E-state index contributed by atoms with van der Waals surface area (Å²) in [5, 5.41) is 0. The summed E-state index contributed by atoms with van der Waals surface area (Å²) in [7, 11) is 0. The van der Waals surface area contributed by atoms with Gasteiger partial charge in [-0.05, 0) is 74.0 Å². The Morgan fingerprint density at radius 3 is 2.76 bits per heavy atom. The van der Waals surface area contributed by atoms with Crippen molar-refractivity contribution >= 4 is 5.78 Å². The Morgan fingerprint density at radius 1 is 1.05 bits per heavy atom. The summed E-state index contributed by atoms with van der Waals surface area (Å²) < 4.78 is 5.90. The van der Waals surface area contributed by atoms with E-state index in [9.17, 15) is 4.79 Å². The molecule has 116 valence electrons. The van der Waals surface area contributed by atoms with Crippen LogP contribution in [0, 0.1) is 34.5 Å². The van der Waals surface area contributed by atoms with Gasteiger partial charge in [-0.2, -0.15) is 0 Å². The number of ether oxygens (including phenoxy) is 1. The SMILES string of the molecule is C[C@]12CCC(=O)C[C@@H]1CC[C@H]1[C@@H]3CCC4OC[C@@]43CC[C@@H]12. The molecule has 1 spiro atoms. The fraction of sp³-hybridized carbons (Fsp3) is 0.947. The lowest BCUT2D eigenvalue weighted by molar-refractivity contribution is -0.229. The van der Waals surface area contributed by atoms with Crippen molar-refractivity contribution in [2.75, 3.05) is 6.61 Å². The van der Waals surface area contributed by atoms with E-state index in [2.05, 4.69) is 6.92 Å². The summed E-state index contributed by atoms with van der Waals surface area (Å²) in [6.07, 6.45) is 11.8. The van der Waals surface area contributed by atoms with Crippen LogP contribution in [-0.2, 0) is 9.53 Å². The normalized spacial score (nSPS) is 58.5. The molecule has 1 aliphatic heterocycles. The second-order valence-corrected chi connectivity index (χ2v) is 9.05. The lowest BCUT2D eigenvalue weighted by atomic mass is 9.44. The maximum Gasteiger partial charge on any atom is 0.133 e. The minimum atomic E-state index is 0.473. The molecule has 1 unspecified atom stereocenters. The number of hydrogen-bond donors (Lipinski definition) is 0. The third-order valence-corrected chi connectivity index (χ3v) is 8.67. The zero-order valence-corrected chi connectivity index (χ0v) is 13.3. The molecule has 0 radical (unpaired) electrons. The van der Waals surface area contributed by atoms with E-state index in [0.29, 0.717) is 28.6 Å². The Kier molecular flexibility index (Phi) is 2.58. The van der Waals surface area contributed by atoms with Gasteiger partial charge in [0.05, 0.1) is 12.7 Å². The average Bonchev–Trinajstić information content (AvgIpc) is 2.72. The predicted octanol–water partition coefficient (Wildman–Crippen LogP) is 3.98. The standard InChI is InChI=1S/C19H28O2/c1-18-8-6-13(20)10-12(18)2-3-14-15(18)7-9-19-11-21-17(19)5-4-16(14)19/h12,14-17H,2-11H2,1H3/t12-,14+,15-,16-,17?,18-,19+/m0/s1. The zero-order chi connectivity index (χ0) is 14.2. The average molecular weight is 288 g/mol. The van der Waals surface area contributed by atoms with Crippen molar-refractivity contribution in [3.8, 4) is 0 Å². The third kappa shape index (κ3) is 1.51. The lowest BCUT2D eigenvalue weighted by Crippen LogP contribution is -2.60. The van der Waals surface area contributed by atoms with E-state index in [-0.39, 0.29) is 0 Å². The maximum atomic E-state index is 11.9. The molecule has 0 N–H and O–H groups in total. The predicted molar refractivity (Wildman–Crippen MR) is 80.8 cm³/mol. The molecular weight excluding hydrogens is 260 g/mol. The fourth-order valence-electron chi connectivity index (χ4n) is 7.49. The highest BCUT2D eigenvalue weighted by Crippen LogP contribution is 2.68. The van der Waals surface area contributed by atoms with E-state index < -0.39 is 0 Å². The topological polar surface area (TPSA) is 26.3 Å². The van der Waals surface area contributed by atoms with Gasteiger partial charge in [-0.1, -0.05) is 6.92 Å². The molecule has 2 nitrogen and oxygen atoms in total. The number of fused-ring (bicyclic) bond motifs is 4. The molecule has 5 aliphatic rings. The second-order valence-electron chi connectivity index (χ2n) is 9.05. The van der Waals surface area contributed by atoms with Crippen LogP contribution in [0.15, 0.2) is 0 Å². The number of carbonyl (C=O) groups excluding carboxylic acids is 1. The summed E-state index contributed by atoms with van der Waals surface area (Å²) >= 11 is 0. The minimum absolute atomic E-state index is 0.473. The molecule has 0 aromatic carbocycles. The number of ketones is 1. The first-order chi connectivity index (χ1) is 10.1. The lowest BCUT2D eigenvalue weighted by Gasteiger charge is -2.62. The highest BCUT2D eigenvalue weighted by atomic mass is 16.5. The van der Waals surface area contributed by atoms with Crippen LogP contribution in [0.3, 0.4) is 0 Å². The van der Waals surface area contributed by atoms with Crippen molar-refractivity contribution in [1.29, 1.82) is 0 Å². The van der Waals surface area contributed by atoms with Gasteiger partial charge in [-0.15, -0.1) is 0 Å². The van der Waals surface area contributed by atoms with Crippen molar-refractivity contribution in [2.45, 2.75) is 70.8 Å². The summed E-state index contributed by atoms with van der Waals surface area (Å²) in [6, 6.07) is 0. The fourth-order valence-corrected chi connectivity index (χ4v) is 7.49. The largest absolute Gasteiger partial charge is 0.377 e. The van der Waals surface area contributed by atoms with Gasteiger partial charge < -0.3 is 4.74 Å². The van der Waals surface area contributed by atoms with Crippen LogP contribution in [0.25, 0.3) is 0 Å². The number of carbonyl (C=O) groups is 1. The van der Waals surface area contributed by atoms with Crippen LogP contribution >= 0.6 is 0 Å². The van der Waals surface area contributed by atoms with E-state index in [1.807, 2.05) is 0 Å². The summed E-state index contributed by atoms with van der Waals surface area (Å²) in [6.45, 7) is 3.60. The van der Waals surface area contributed by atoms with E-state index in [1.165, 1.54) is 44.9 Å². The molecule has 21 heavy (non-hydrogen) atoms. The molecule has 4 aliphatic carbocycles. The van der Waals surface area contributed by atoms with E-state index in [4.69, 9.17) is 4.74 Å². The van der Waals surface area contributed by atoms with Gasteiger partial charge in [0.1, 0.15) is 5.78 Å². The van der Waals surface area contributed by atoms with Crippen molar-refractivity contribution in [3.05, 3.63) is 0 Å². The molecule has 5 rings (SSSR count). The summed E-state index contributed by atoms with van der Waals surface area (Å²) in [4.78, 5) is 11.9. The van der Waals surface area contributed by atoms with Gasteiger partial charge in [0, 0.05) is 18.3 Å². The Labute approximate surface area is 128 Å². The van der Waals surface area contributed by atoms with Crippen molar-refractivity contribution < 1.29 is 9.53 Å².